The third-order valence-electron chi connectivity index (χ3n) is 6.32. The summed E-state index contributed by atoms with van der Waals surface area (Å²) in [6, 6.07) is 49.8. The summed E-state index contributed by atoms with van der Waals surface area (Å²) in [4.78, 5) is 13.9. The van der Waals surface area contributed by atoms with E-state index >= 15 is 0 Å². The molecule has 2 aromatic heterocycles. The van der Waals surface area contributed by atoms with Gasteiger partial charge in [-0.25, -0.2) is 0 Å². The number of hydrogen-bond acceptors (Lipinski definition) is 4. The minimum Gasteiger partial charge on any atom is -0.310 e. The first-order valence-electron chi connectivity index (χ1n) is 12.6. The Morgan fingerprint density at radius 2 is 0.605 bits per heavy atom. The average molecular weight is 491 g/mol. The maximum atomic E-state index is 4.72. The van der Waals surface area contributed by atoms with E-state index in [-0.39, 0.29) is 0 Å². The molecule has 38 heavy (non-hydrogen) atoms. The van der Waals surface area contributed by atoms with E-state index in [4.69, 9.17) is 9.97 Å². The third kappa shape index (κ3) is 4.88. The number of anilines is 6. The smallest absolute Gasteiger partial charge is 0.0907 e. The van der Waals surface area contributed by atoms with Crippen molar-refractivity contribution in [2.45, 2.75) is 0 Å². The molecule has 6 aromatic rings. The molecule has 0 aliphatic heterocycles. The van der Waals surface area contributed by atoms with Gasteiger partial charge >= 0.3 is 0 Å². The van der Waals surface area contributed by atoms with Gasteiger partial charge in [0.05, 0.1) is 11.4 Å². The highest BCUT2D eigenvalue weighted by molar-refractivity contribution is 5.81. The minimum atomic E-state index is 0.808. The Kier molecular flexibility index (Phi) is 6.60. The topological polar surface area (TPSA) is 32.3 Å². The van der Waals surface area contributed by atoms with Gasteiger partial charge in [0.25, 0.3) is 0 Å². The van der Waals surface area contributed by atoms with Crippen molar-refractivity contribution in [3.8, 4) is 11.4 Å². The van der Waals surface area contributed by atoms with E-state index in [0.717, 1.165) is 45.5 Å². The highest BCUT2D eigenvalue weighted by atomic mass is 15.1. The SMILES string of the molecule is c1ccc(N(c2ccccc2)c2ccnc(-c3cc(N(c4ccccc4)c4ccccc4)ccn3)c2)cc1. The molecule has 0 N–H and O–H groups in total. The van der Waals surface area contributed by atoms with Crippen LogP contribution in [-0.4, -0.2) is 9.97 Å². The van der Waals surface area contributed by atoms with Crippen molar-refractivity contribution in [1.82, 2.24) is 9.97 Å². The summed E-state index contributed by atoms with van der Waals surface area (Å²) in [6.45, 7) is 0. The highest BCUT2D eigenvalue weighted by Crippen LogP contribution is 2.37. The first-order valence-corrected chi connectivity index (χ1v) is 12.6. The largest absolute Gasteiger partial charge is 0.310 e. The predicted octanol–water partition coefficient (Wildman–Crippen LogP) is 9.08. The lowest BCUT2D eigenvalue weighted by Gasteiger charge is -2.26. The molecule has 0 unspecified atom stereocenters. The zero-order chi connectivity index (χ0) is 25.6. The predicted molar refractivity (Wildman–Crippen MR) is 157 cm³/mol. The second-order valence-corrected chi connectivity index (χ2v) is 8.81. The fourth-order valence-electron chi connectivity index (χ4n) is 4.60. The van der Waals surface area contributed by atoms with E-state index in [0.29, 0.717) is 0 Å². The number of rotatable bonds is 7. The molecule has 0 atom stereocenters. The van der Waals surface area contributed by atoms with Crippen molar-refractivity contribution >= 4 is 34.1 Å². The van der Waals surface area contributed by atoms with Crippen LogP contribution in [0.25, 0.3) is 11.4 Å². The Labute approximate surface area is 223 Å². The molecule has 0 saturated heterocycles. The molecule has 0 aliphatic rings. The van der Waals surface area contributed by atoms with Crippen molar-refractivity contribution < 1.29 is 0 Å². The van der Waals surface area contributed by atoms with Crippen molar-refractivity contribution in [2.75, 3.05) is 9.80 Å². The summed E-state index contributed by atoms with van der Waals surface area (Å²) in [5.74, 6) is 0. The molecule has 182 valence electrons. The van der Waals surface area contributed by atoms with Crippen LogP contribution < -0.4 is 9.80 Å². The molecule has 0 radical (unpaired) electrons. The molecular weight excluding hydrogens is 464 g/mol. The zero-order valence-corrected chi connectivity index (χ0v) is 20.8. The van der Waals surface area contributed by atoms with Crippen LogP contribution in [0.15, 0.2) is 158 Å². The van der Waals surface area contributed by atoms with Gasteiger partial charge in [-0.3, -0.25) is 9.97 Å². The standard InChI is InChI=1S/C34H26N4/c1-5-13-27(14-6-1)37(28-15-7-2-8-16-28)31-21-23-35-33(25-31)34-26-32(22-24-36-34)38(29-17-9-3-10-18-29)30-19-11-4-12-20-30/h1-26H. The van der Waals surface area contributed by atoms with Crippen LogP contribution >= 0.6 is 0 Å². The molecule has 6 rings (SSSR count). The fraction of sp³-hybridized carbons (Fsp3) is 0. The molecule has 0 bridgehead atoms. The van der Waals surface area contributed by atoms with E-state index in [1.807, 2.05) is 48.8 Å². The average Bonchev–Trinajstić information content (AvgIpc) is 3.00. The van der Waals surface area contributed by atoms with Crippen molar-refractivity contribution in [1.29, 1.82) is 0 Å². The first-order chi connectivity index (χ1) is 18.9. The fourth-order valence-corrected chi connectivity index (χ4v) is 4.60. The molecule has 4 heteroatoms. The Morgan fingerprint density at radius 3 is 0.895 bits per heavy atom. The lowest BCUT2D eigenvalue weighted by atomic mass is 10.1. The number of benzene rings is 4. The Bertz CT molecular complexity index is 1400. The molecule has 4 aromatic carbocycles. The summed E-state index contributed by atoms with van der Waals surface area (Å²) in [7, 11) is 0. The highest BCUT2D eigenvalue weighted by Gasteiger charge is 2.16. The molecule has 0 fully saturated rings. The molecule has 0 aliphatic carbocycles. The van der Waals surface area contributed by atoms with Crippen LogP contribution in [0.4, 0.5) is 34.1 Å². The summed E-state index contributed by atoms with van der Waals surface area (Å²) in [5.41, 5.74) is 7.97. The van der Waals surface area contributed by atoms with Gasteiger partial charge in [-0.2, -0.15) is 0 Å². The van der Waals surface area contributed by atoms with Gasteiger partial charge < -0.3 is 9.80 Å². The van der Waals surface area contributed by atoms with E-state index in [1.54, 1.807) is 0 Å². The number of hydrogen-bond donors (Lipinski definition) is 0. The van der Waals surface area contributed by atoms with Gasteiger partial charge in [-0.15, -0.1) is 0 Å². The summed E-state index contributed by atoms with van der Waals surface area (Å²) >= 11 is 0. The van der Waals surface area contributed by atoms with Gasteiger partial charge in [0.1, 0.15) is 0 Å². The number of aromatic nitrogens is 2. The first kappa shape index (κ1) is 23.2. The maximum Gasteiger partial charge on any atom is 0.0907 e. The Hall–Kier alpha value is -5.22. The minimum absolute atomic E-state index is 0.808. The quantitative estimate of drug-likeness (QED) is 0.223. The van der Waals surface area contributed by atoms with Crippen molar-refractivity contribution in [2.24, 2.45) is 0 Å². The lowest BCUT2D eigenvalue weighted by Crippen LogP contribution is -2.11. The normalized spacial score (nSPS) is 10.6. The third-order valence-corrected chi connectivity index (χ3v) is 6.32. The van der Waals surface area contributed by atoms with Gasteiger partial charge in [0, 0.05) is 46.5 Å². The van der Waals surface area contributed by atoms with E-state index < -0.39 is 0 Å². The second kappa shape index (κ2) is 10.8. The summed E-state index contributed by atoms with van der Waals surface area (Å²) < 4.78 is 0. The number of pyridine rings is 2. The van der Waals surface area contributed by atoms with E-state index in [2.05, 4.69) is 119 Å². The van der Waals surface area contributed by atoms with Gasteiger partial charge in [0.15, 0.2) is 0 Å². The number of nitrogens with zero attached hydrogens (tertiary/aromatic N) is 4. The van der Waals surface area contributed by atoms with Gasteiger partial charge in [0.2, 0.25) is 0 Å². The molecule has 4 nitrogen and oxygen atoms in total. The van der Waals surface area contributed by atoms with E-state index in [1.165, 1.54) is 0 Å². The van der Waals surface area contributed by atoms with E-state index in [9.17, 15) is 0 Å². The summed E-state index contributed by atoms with van der Waals surface area (Å²) in [6.07, 6.45) is 3.70. The van der Waals surface area contributed by atoms with Gasteiger partial charge in [-0.1, -0.05) is 72.8 Å². The van der Waals surface area contributed by atoms with Crippen molar-refractivity contribution in [3.63, 3.8) is 0 Å². The summed E-state index contributed by atoms with van der Waals surface area (Å²) in [5, 5.41) is 0. The van der Waals surface area contributed by atoms with Crippen LogP contribution in [0.3, 0.4) is 0 Å². The molecule has 0 amide bonds. The Morgan fingerprint density at radius 1 is 0.316 bits per heavy atom. The van der Waals surface area contributed by atoms with Crippen LogP contribution in [0.5, 0.6) is 0 Å². The molecule has 0 saturated carbocycles. The lowest BCUT2D eigenvalue weighted by molar-refractivity contribution is 1.20. The number of para-hydroxylation sites is 4. The van der Waals surface area contributed by atoms with Crippen LogP contribution in [-0.2, 0) is 0 Å². The van der Waals surface area contributed by atoms with Crippen LogP contribution in [0.2, 0.25) is 0 Å². The maximum absolute atomic E-state index is 4.72. The zero-order valence-electron chi connectivity index (χ0n) is 20.8. The van der Waals surface area contributed by atoms with Gasteiger partial charge in [-0.05, 0) is 72.8 Å². The molecule has 0 spiro atoms. The molecule has 2 heterocycles. The van der Waals surface area contributed by atoms with Crippen LogP contribution in [0, 0.1) is 0 Å². The molecular formula is C34H26N4. The Balaban J connectivity index is 1.43. The monoisotopic (exact) mass is 490 g/mol. The van der Waals surface area contributed by atoms with Crippen molar-refractivity contribution in [3.05, 3.63) is 158 Å². The van der Waals surface area contributed by atoms with Crippen LogP contribution in [0.1, 0.15) is 0 Å². The second-order valence-electron chi connectivity index (χ2n) is 8.81.